The van der Waals surface area contributed by atoms with Crippen LogP contribution in [0.5, 0.6) is 11.5 Å². The van der Waals surface area contributed by atoms with E-state index in [1.165, 1.54) is 19.1 Å². The Morgan fingerprint density at radius 2 is 1.91 bits per heavy atom. The number of carbonyl (C=O) groups is 1. The molecule has 0 saturated heterocycles. The smallest absolute Gasteiger partial charge is 0.349 e. The number of halogens is 2. The van der Waals surface area contributed by atoms with E-state index in [2.05, 4.69) is 5.10 Å². The molecule has 10 heteroatoms. The van der Waals surface area contributed by atoms with E-state index in [4.69, 9.17) is 33.2 Å². The summed E-state index contributed by atoms with van der Waals surface area (Å²) in [5.74, 6) is 0.485. The number of aryl methyl sites for hydroxylation is 1. The topological polar surface area (TPSA) is 118 Å². The molecular formula is C24H20Cl2N4O4. The van der Waals surface area contributed by atoms with Gasteiger partial charge in [-0.25, -0.2) is 4.79 Å². The van der Waals surface area contributed by atoms with Crippen molar-refractivity contribution in [3.63, 3.8) is 0 Å². The van der Waals surface area contributed by atoms with Gasteiger partial charge in [0.15, 0.2) is 11.5 Å². The third-order valence-corrected chi connectivity index (χ3v) is 5.46. The summed E-state index contributed by atoms with van der Waals surface area (Å²) in [6.07, 6.45) is 3.59. The van der Waals surface area contributed by atoms with Gasteiger partial charge in [-0.2, -0.15) is 9.94 Å². The van der Waals surface area contributed by atoms with Crippen LogP contribution in [0.15, 0.2) is 46.0 Å². The number of rotatable bonds is 7. The number of nitriles is 1. The van der Waals surface area contributed by atoms with Crippen LogP contribution in [-0.4, -0.2) is 20.5 Å². The van der Waals surface area contributed by atoms with Crippen molar-refractivity contribution in [1.29, 1.82) is 5.26 Å². The highest BCUT2D eigenvalue weighted by molar-refractivity contribution is 6.37. The monoisotopic (exact) mass is 498 g/mol. The Balaban J connectivity index is 2.03. The summed E-state index contributed by atoms with van der Waals surface area (Å²) >= 11 is 12.8. The summed E-state index contributed by atoms with van der Waals surface area (Å²) in [7, 11) is 0. The number of hydrogen-bond acceptors (Lipinski definition) is 6. The summed E-state index contributed by atoms with van der Waals surface area (Å²) < 4.78 is 6.74. The van der Waals surface area contributed by atoms with Crippen LogP contribution in [0.2, 0.25) is 10.0 Å². The van der Waals surface area contributed by atoms with E-state index in [0.717, 1.165) is 28.7 Å². The number of ketones is 1. The second kappa shape index (κ2) is 10.5. The fourth-order valence-electron chi connectivity index (χ4n) is 3.22. The van der Waals surface area contributed by atoms with Gasteiger partial charge in [0.1, 0.15) is 11.8 Å². The van der Waals surface area contributed by atoms with Gasteiger partial charge in [-0.05, 0) is 55.7 Å². The van der Waals surface area contributed by atoms with E-state index < -0.39 is 16.9 Å². The maximum atomic E-state index is 12.2. The van der Waals surface area contributed by atoms with Crippen molar-refractivity contribution >= 4 is 34.6 Å². The predicted octanol–water partition coefficient (Wildman–Crippen LogP) is 4.97. The molecule has 0 spiro atoms. The van der Waals surface area contributed by atoms with Gasteiger partial charge >= 0.3 is 5.69 Å². The van der Waals surface area contributed by atoms with Crippen LogP contribution in [0.25, 0.3) is 11.3 Å². The Hall–Kier alpha value is -3.67. The van der Waals surface area contributed by atoms with Crippen LogP contribution in [-0.2, 0) is 4.79 Å². The number of hydrogen-bond donors (Lipinski definition) is 1. The quantitative estimate of drug-likeness (QED) is 0.459. The Morgan fingerprint density at radius 1 is 1.24 bits per heavy atom. The SMILES string of the molecule is CCC/C=C(/C(C)=O)c1cc(Oc2c(Cl)cc(-n3nc(C#N)c(=O)[nH]c3=O)cc2Cl)ccc1C. The molecule has 3 aromatic rings. The summed E-state index contributed by atoms with van der Waals surface area (Å²) in [4.78, 5) is 38.0. The predicted molar refractivity (Wildman–Crippen MR) is 130 cm³/mol. The van der Waals surface area contributed by atoms with Crippen LogP contribution in [0, 0.1) is 18.3 Å². The fraction of sp³-hybridized carbons (Fsp3) is 0.208. The lowest BCUT2D eigenvalue weighted by Gasteiger charge is -2.14. The molecule has 0 unspecified atom stereocenters. The molecule has 0 fully saturated rings. The molecule has 0 amide bonds. The number of nitrogens with one attached hydrogen (secondary N) is 1. The standard InChI is InChI=1S/C24H20Cl2N4O4/c1-4-5-6-17(14(3)31)18-11-16(8-7-13(18)2)34-22-19(25)9-15(10-20(22)26)30-24(33)28-23(32)21(12-27)29-30/h6-11H,4-5H2,1-3H3,(H,28,32,33)/b17-6-. The number of aromatic amines is 1. The Bertz CT molecular complexity index is 1440. The van der Waals surface area contributed by atoms with Crippen molar-refractivity contribution in [3.8, 4) is 23.3 Å². The van der Waals surface area contributed by atoms with Crippen molar-refractivity contribution in [3.05, 3.63) is 84.1 Å². The molecule has 0 saturated carbocycles. The molecule has 1 heterocycles. The molecule has 0 aliphatic heterocycles. The van der Waals surface area contributed by atoms with Gasteiger partial charge in [0.2, 0.25) is 5.69 Å². The van der Waals surface area contributed by atoms with Crippen molar-refractivity contribution in [2.24, 2.45) is 0 Å². The molecule has 0 aliphatic carbocycles. The second-order valence-electron chi connectivity index (χ2n) is 7.41. The van der Waals surface area contributed by atoms with E-state index >= 15 is 0 Å². The summed E-state index contributed by atoms with van der Waals surface area (Å²) in [5, 5.41) is 12.9. The molecular weight excluding hydrogens is 479 g/mol. The molecule has 2 aromatic carbocycles. The van der Waals surface area contributed by atoms with E-state index in [1.807, 2.05) is 31.0 Å². The first-order valence-electron chi connectivity index (χ1n) is 10.3. The van der Waals surface area contributed by atoms with E-state index in [9.17, 15) is 14.4 Å². The third-order valence-electron chi connectivity index (χ3n) is 4.90. The van der Waals surface area contributed by atoms with Crippen molar-refractivity contribution in [2.45, 2.75) is 33.6 Å². The van der Waals surface area contributed by atoms with Crippen molar-refractivity contribution < 1.29 is 9.53 Å². The zero-order valence-corrected chi connectivity index (χ0v) is 20.1. The number of allylic oxidation sites excluding steroid dienone is 2. The molecule has 34 heavy (non-hydrogen) atoms. The fourth-order valence-corrected chi connectivity index (χ4v) is 3.77. The highest BCUT2D eigenvalue weighted by Gasteiger charge is 2.17. The summed E-state index contributed by atoms with van der Waals surface area (Å²) in [5.41, 5.74) is 0.152. The summed E-state index contributed by atoms with van der Waals surface area (Å²) in [6.45, 7) is 5.46. The van der Waals surface area contributed by atoms with Gasteiger partial charge in [0.05, 0.1) is 15.7 Å². The molecule has 8 nitrogen and oxygen atoms in total. The van der Waals surface area contributed by atoms with Gasteiger partial charge < -0.3 is 4.74 Å². The Morgan fingerprint density at radius 3 is 2.50 bits per heavy atom. The number of aromatic nitrogens is 3. The van der Waals surface area contributed by atoms with Crippen LogP contribution in [0.1, 0.15) is 43.5 Å². The molecule has 174 valence electrons. The number of unbranched alkanes of at least 4 members (excludes halogenated alkanes) is 1. The van der Waals surface area contributed by atoms with Gasteiger partial charge in [-0.3, -0.25) is 14.6 Å². The summed E-state index contributed by atoms with van der Waals surface area (Å²) in [6, 6.07) is 9.65. The number of carbonyl (C=O) groups excluding carboxylic acids is 1. The third kappa shape index (κ3) is 5.28. The Kier molecular flexibility index (Phi) is 7.72. The number of nitrogens with zero attached hydrogens (tertiary/aromatic N) is 3. The molecule has 0 aliphatic rings. The zero-order valence-electron chi connectivity index (χ0n) is 18.6. The van der Waals surface area contributed by atoms with Crippen molar-refractivity contribution in [2.75, 3.05) is 0 Å². The van der Waals surface area contributed by atoms with Gasteiger partial charge in [-0.15, -0.1) is 5.10 Å². The molecule has 1 N–H and O–H groups in total. The number of H-pyrrole nitrogens is 1. The maximum Gasteiger partial charge on any atom is 0.349 e. The molecule has 3 rings (SSSR count). The molecule has 0 bridgehead atoms. The number of ether oxygens (including phenoxy) is 1. The van der Waals surface area contributed by atoms with E-state index in [1.54, 1.807) is 18.2 Å². The van der Waals surface area contributed by atoms with Crippen LogP contribution < -0.4 is 16.0 Å². The molecule has 0 atom stereocenters. The highest BCUT2D eigenvalue weighted by Crippen LogP contribution is 2.39. The lowest BCUT2D eigenvalue weighted by Crippen LogP contribution is -2.33. The normalized spacial score (nSPS) is 11.2. The second-order valence-corrected chi connectivity index (χ2v) is 8.23. The van der Waals surface area contributed by atoms with Crippen LogP contribution in [0.3, 0.4) is 0 Å². The van der Waals surface area contributed by atoms with Gasteiger partial charge in [-0.1, -0.05) is 48.7 Å². The Labute approximate surface area is 205 Å². The average Bonchev–Trinajstić information content (AvgIpc) is 2.78. The highest BCUT2D eigenvalue weighted by atomic mass is 35.5. The number of Topliss-reactive ketones (excluding diaryl/α,β-unsaturated/α-hetero) is 1. The lowest BCUT2D eigenvalue weighted by atomic mass is 9.96. The lowest BCUT2D eigenvalue weighted by molar-refractivity contribution is -0.111. The van der Waals surface area contributed by atoms with E-state index in [-0.39, 0.29) is 27.3 Å². The number of benzene rings is 2. The first-order valence-corrected chi connectivity index (χ1v) is 11.0. The largest absolute Gasteiger partial charge is 0.454 e. The molecule has 1 aromatic heterocycles. The first-order chi connectivity index (χ1) is 16.2. The van der Waals surface area contributed by atoms with Crippen LogP contribution in [0.4, 0.5) is 0 Å². The average molecular weight is 499 g/mol. The van der Waals surface area contributed by atoms with Gasteiger partial charge in [0.25, 0.3) is 5.56 Å². The molecule has 0 radical (unpaired) electrons. The minimum atomic E-state index is -0.894. The van der Waals surface area contributed by atoms with Gasteiger partial charge in [0, 0.05) is 5.57 Å². The minimum Gasteiger partial charge on any atom is -0.454 e. The minimum absolute atomic E-state index is 0.0512. The van der Waals surface area contributed by atoms with Crippen molar-refractivity contribution in [1.82, 2.24) is 14.8 Å². The van der Waals surface area contributed by atoms with Crippen LogP contribution >= 0.6 is 23.2 Å². The van der Waals surface area contributed by atoms with E-state index in [0.29, 0.717) is 11.3 Å². The first kappa shape index (κ1) is 25.0. The zero-order chi connectivity index (χ0) is 25.0. The maximum absolute atomic E-state index is 12.2.